The van der Waals surface area contributed by atoms with Gasteiger partial charge in [-0.3, -0.25) is 14.5 Å². The molecular weight excluding hydrogens is 344 g/mol. The number of carbonyl (C=O) groups is 2. The molecule has 0 bridgehead atoms. The molecule has 2 aliphatic rings. The monoisotopic (exact) mass is 374 g/mol. The van der Waals surface area contributed by atoms with Crippen LogP contribution in [-0.4, -0.2) is 47.1 Å². The largest absolute Gasteiger partial charge is 0.497 e. The van der Waals surface area contributed by atoms with Crippen LogP contribution < -0.4 is 10.1 Å². The van der Waals surface area contributed by atoms with Crippen LogP contribution in [0.5, 0.6) is 5.75 Å². The number of likely N-dealkylation sites (N-methyl/N-ethyl adjacent to an activating group) is 1. The Hall–Kier alpha value is -2.08. The third-order valence-corrected chi connectivity index (χ3v) is 6.73. The molecule has 1 aromatic rings. The number of methoxy groups -OCH3 is 1. The summed E-state index contributed by atoms with van der Waals surface area (Å²) in [5, 5.41) is 13.2. The Morgan fingerprint density at radius 1 is 1.22 bits per heavy atom. The van der Waals surface area contributed by atoms with E-state index < -0.39 is 17.4 Å². The van der Waals surface area contributed by atoms with Crippen LogP contribution in [0.25, 0.3) is 0 Å². The predicted octanol–water partition coefficient (Wildman–Crippen LogP) is 2.98. The fraction of sp³-hybridized carbons (Fsp3) is 0.619. The van der Waals surface area contributed by atoms with E-state index in [1.54, 1.807) is 7.11 Å². The summed E-state index contributed by atoms with van der Waals surface area (Å²) in [5.74, 6) is -0.552. The number of hydrogen-bond acceptors (Lipinski definition) is 4. The van der Waals surface area contributed by atoms with Crippen molar-refractivity contribution in [1.29, 1.82) is 0 Å². The van der Waals surface area contributed by atoms with E-state index in [1.165, 1.54) is 0 Å². The van der Waals surface area contributed by atoms with Crippen molar-refractivity contribution in [3.8, 4) is 5.75 Å². The fourth-order valence-corrected chi connectivity index (χ4v) is 4.50. The van der Waals surface area contributed by atoms with Crippen molar-refractivity contribution in [2.45, 2.75) is 63.1 Å². The van der Waals surface area contributed by atoms with Gasteiger partial charge in [-0.15, -0.1) is 0 Å². The molecule has 148 valence electrons. The van der Waals surface area contributed by atoms with Crippen molar-refractivity contribution in [3.63, 3.8) is 0 Å². The van der Waals surface area contributed by atoms with Crippen LogP contribution in [0.15, 0.2) is 24.3 Å². The van der Waals surface area contributed by atoms with E-state index in [4.69, 9.17) is 4.74 Å². The fourth-order valence-electron chi connectivity index (χ4n) is 4.50. The molecule has 0 unspecified atom stereocenters. The van der Waals surface area contributed by atoms with E-state index in [1.807, 2.05) is 43.1 Å². The third kappa shape index (κ3) is 3.31. The Morgan fingerprint density at radius 2 is 1.85 bits per heavy atom. The summed E-state index contributed by atoms with van der Waals surface area (Å²) in [6, 6.07) is 7.30. The first-order chi connectivity index (χ1) is 12.8. The highest BCUT2D eigenvalue weighted by atomic mass is 16.5. The number of amides is 1. The highest BCUT2D eigenvalue weighted by Crippen LogP contribution is 2.49. The summed E-state index contributed by atoms with van der Waals surface area (Å²) in [7, 11) is 3.44. The van der Waals surface area contributed by atoms with Gasteiger partial charge in [-0.1, -0.05) is 26.0 Å². The minimum atomic E-state index is -1.03. The third-order valence-electron chi connectivity index (χ3n) is 6.73. The first-order valence-electron chi connectivity index (χ1n) is 9.75. The van der Waals surface area contributed by atoms with Gasteiger partial charge in [0, 0.05) is 11.6 Å². The van der Waals surface area contributed by atoms with Gasteiger partial charge in [0.1, 0.15) is 11.3 Å². The molecule has 1 aromatic carbocycles. The van der Waals surface area contributed by atoms with Crippen LogP contribution in [0.3, 0.4) is 0 Å². The second-order valence-corrected chi connectivity index (χ2v) is 7.95. The zero-order chi connectivity index (χ0) is 19.8. The number of hydrogen-bond donors (Lipinski definition) is 2. The second kappa shape index (κ2) is 7.15. The number of carbonyl (C=O) groups excluding carboxylic acids is 1. The van der Waals surface area contributed by atoms with Gasteiger partial charge in [-0.05, 0) is 56.8 Å². The number of rotatable bonds is 7. The zero-order valence-corrected chi connectivity index (χ0v) is 16.6. The number of nitrogens with one attached hydrogen (secondary N) is 1. The van der Waals surface area contributed by atoms with E-state index in [9.17, 15) is 14.7 Å². The normalized spacial score (nSPS) is 29.3. The smallest absolute Gasteiger partial charge is 0.324 e. The number of likely N-dealkylation sites (tertiary alicyclic amines) is 1. The van der Waals surface area contributed by atoms with E-state index in [2.05, 4.69) is 12.2 Å². The van der Waals surface area contributed by atoms with Gasteiger partial charge in [-0.2, -0.15) is 0 Å². The van der Waals surface area contributed by atoms with Crippen LogP contribution in [-0.2, 0) is 9.59 Å². The lowest BCUT2D eigenvalue weighted by atomic mass is 9.86. The van der Waals surface area contributed by atoms with Gasteiger partial charge in [0.2, 0.25) is 5.91 Å². The van der Waals surface area contributed by atoms with Gasteiger partial charge in [0.05, 0.1) is 13.0 Å². The van der Waals surface area contributed by atoms with Crippen LogP contribution in [0.4, 0.5) is 0 Å². The van der Waals surface area contributed by atoms with E-state index in [-0.39, 0.29) is 17.5 Å². The molecule has 0 spiro atoms. The molecule has 1 heterocycles. The first-order valence-corrected chi connectivity index (χ1v) is 9.75. The lowest BCUT2D eigenvalue weighted by molar-refractivity contribution is -0.150. The van der Waals surface area contributed by atoms with E-state index in [0.29, 0.717) is 12.8 Å². The average Bonchev–Trinajstić information content (AvgIpc) is 3.37. The molecule has 1 aliphatic heterocycles. The Morgan fingerprint density at radius 3 is 2.30 bits per heavy atom. The first kappa shape index (κ1) is 19.7. The Balaban J connectivity index is 1.96. The average molecular weight is 374 g/mol. The van der Waals surface area contributed by atoms with Crippen LogP contribution >= 0.6 is 0 Å². The Bertz CT molecular complexity index is 713. The molecule has 6 nitrogen and oxygen atoms in total. The van der Waals surface area contributed by atoms with E-state index in [0.717, 1.165) is 30.6 Å². The van der Waals surface area contributed by atoms with Crippen molar-refractivity contribution in [2.24, 2.45) is 5.92 Å². The topological polar surface area (TPSA) is 78.9 Å². The van der Waals surface area contributed by atoms with Crippen molar-refractivity contribution in [1.82, 2.24) is 10.2 Å². The van der Waals surface area contributed by atoms with Crippen LogP contribution in [0.1, 0.15) is 57.6 Å². The number of nitrogens with zero attached hydrogens (tertiary/aromatic N) is 1. The van der Waals surface area contributed by atoms with Crippen LogP contribution in [0.2, 0.25) is 0 Å². The summed E-state index contributed by atoms with van der Waals surface area (Å²) in [6.45, 7) is 3.97. The lowest BCUT2D eigenvalue weighted by Gasteiger charge is -2.34. The number of carboxylic acid groups (broad SMARTS) is 1. The molecule has 1 amide bonds. The second-order valence-electron chi connectivity index (χ2n) is 7.95. The summed E-state index contributed by atoms with van der Waals surface area (Å²) in [4.78, 5) is 27.2. The predicted molar refractivity (Wildman–Crippen MR) is 103 cm³/mol. The lowest BCUT2D eigenvalue weighted by Crippen LogP contribution is -2.48. The maximum atomic E-state index is 13.2. The Labute approximate surface area is 160 Å². The van der Waals surface area contributed by atoms with Gasteiger partial charge in [0.25, 0.3) is 0 Å². The molecule has 27 heavy (non-hydrogen) atoms. The molecule has 2 N–H and O–H groups in total. The molecule has 2 fully saturated rings. The summed E-state index contributed by atoms with van der Waals surface area (Å²) >= 11 is 0. The number of ether oxygens (including phenoxy) is 1. The zero-order valence-electron chi connectivity index (χ0n) is 16.6. The molecule has 3 atom stereocenters. The van der Waals surface area contributed by atoms with Crippen LogP contribution in [0, 0.1) is 5.92 Å². The molecule has 6 heteroatoms. The molecule has 1 saturated heterocycles. The highest BCUT2D eigenvalue weighted by Gasteiger charge is 2.57. The van der Waals surface area contributed by atoms with E-state index >= 15 is 0 Å². The van der Waals surface area contributed by atoms with Gasteiger partial charge in [-0.25, -0.2) is 0 Å². The standard InChI is InChI=1S/C21H30N2O4/c1-5-20(11-12-20)22-18(24)16-13-21(6-2,19(25)26)23(3)17(16)14-7-9-15(27-4)10-8-14/h7-10,16-17H,5-6,11-13H2,1-4H3,(H,22,24)(H,25,26)/t16-,17-,21-/m0/s1. The molecular formula is C21H30N2O4. The van der Waals surface area contributed by atoms with Crippen molar-refractivity contribution in [2.75, 3.05) is 14.2 Å². The van der Waals surface area contributed by atoms with Gasteiger partial charge in [0.15, 0.2) is 0 Å². The molecule has 3 rings (SSSR count). The highest BCUT2D eigenvalue weighted by molar-refractivity contribution is 5.86. The molecule has 1 saturated carbocycles. The maximum Gasteiger partial charge on any atom is 0.324 e. The van der Waals surface area contributed by atoms with Crippen molar-refractivity contribution < 1.29 is 19.4 Å². The summed E-state index contributed by atoms with van der Waals surface area (Å²) in [5.41, 5.74) is -0.174. The molecule has 0 aromatic heterocycles. The molecule has 1 aliphatic carbocycles. The van der Waals surface area contributed by atoms with Gasteiger partial charge >= 0.3 is 5.97 Å². The quantitative estimate of drug-likeness (QED) is 0.767. The summed E-state index contributed by atoms with van der Waals surface area (Å²) in [6.07, 6.45) is 3.68. The number of aliphatic carboxylic acids is 1. The Kier molecular flexibility index (Phi) is 5.21. The summed E-state index contributed by atoms with van der Waals surface area (Å²) < 4.78 is 5.23. The van der Waals surface area contributed by atoms with Crippen molar-refractivity contribution >= 4 is 11.9 Å². The minimum Gasteiger partial charge on any atom is -0.497 e. The number of benzene rings is 1. The van der Waals surface area contributed by atoms with Crippen molar-refractivity contribution in [3.05, 3.63) is 29.8 Å². The SMILES string of the molecule is CCC1(NC(=O)[C@H]2C[C@@](CC)(C(=O)O)N(C)[C@H]2c2ccc(OC)cc2)CC1. The van der Waals surface area contributed by atoms with Gasteiger partial charge < -0.3 is 15.2 Å². The molecule has 0 radical (unpaired) electrons. The minimum absolute atomic E-state index is 0.0291. The number of carboxylic acids is 1. The maximum absolute atomic E-state index is 13.2.